The SMILES string of the molecule is Fc1cccc(CNCCc2ccccc2)c1F. The second-order valence-corrected chi connectivity index (χ2v) is 4.13. The molecule has 0 amide bonds. The number of hydrogen-bond acceptors (Lipinski definition) is 1. The smallest absolute Gasteiger partial charge is 0.163 e. The molecule has 0 saturated heterocycles. The van der Waals surface area contributed by atoms with Crippen LogP contribution in [0.1, 0.15) is 11.1 Å². The highest BCUT2D eigenvalue weighted by Gasteiger charge is 2.06. The van der Waals surface area contributed by atoms with Gasteiger partial charge in [-0.1, -0.05) is 42.5 Å². The zero-order valence-corrected chi connectivity index (χ0v) is 10.00. The van der Waals surface area contributed by atoms with E-state index in [1.54, 1.807) is 6.07 Å². The summed E-state index contributed by atoms with van der Waals surface area (Å²) < 4.78 is 26.3. The highest BCUT2D eigenvalue weighted by Crippen LogP contribution is 2.10. The summed E-state index contributed by atoms with van der Waals surface area (Å²) in [6, 6.07) is 14.3. The van der Waals surface area contributed by atoms with Gasteiger partial charge < -0.3 is 5.32 Å². The summed E-state index contributed by atoms with van der Waals surface area (Å²) in [5.41, 5.74) is 1.59. The van der Waals surface area contributed by atoms with Crippen LogP contribution in [-0.2, 0) is 13.0 Å². The van der Waals surface area contributed by atoms with Crippen LogP contribution in [0.3, 0.4) is 0 Å². The normalized spacial score (nSPS) is 10.6. The van der Waals surface area contributed by atoms with E-state index in [1.165, 1.54) is 11.6 Å². The minimum Gasteiger partial charge on any atom is -0.312 e. The van der Waals surface area contributed by atoms with E-state index in [0.717, 1.165) is 19.0 Å². The largest absolute Gasteiger partial charge is 0.312 e. The Morgan fingerprint density at radius 1 is 0.889 bits per heavy atom. The maximum Gasteiger partial charge on any atom is 0.163 e. The fourth-order valence-corrected chi connectivity index (χ4v) is 1.79. The molecular formula is C15H15F2N. The van der Waals surface area contributed by atoms with Crippen molar-refractivity contribution in [2.45, 2.75) is 13.0 Å². The third-order valence-electron chi connectivity index (χ3n) is 2.78. The third-order valence-corrected chi connectivity index (χ3v) is 2.78. The van der Waals surface area contributed by atoms with Gasteiger partial charge >= 0.3 is 0 Å². The lowest BCUT2D eigenvalue weighted by molar-refractivity contribution is 0.493. The highest BCUT2D eigenvalue weighted by molar-refractivity contribution is 5.19. The van der Waals surface area contributed by atoms with Gasteiger partial charge in [-0.2, -0.15) is 0 Å². The maximum absolute atomic E-state index is 13.3. The van der Waals surface area contributed by atoms with Crippen molar-refractivity contribution in [2.24, 2.45) is 0 Å². The van der Waals surface area contributed by atoms with Crippen LogP contribution < -0.4 is 5.32 Å². The molecule has 2 rings (SSSR count). The van der Waals surface area contributed by atoms with Crippen molar-refractivity contribution < 1.29 is 8.78 Å². The standard InChI is InChI=1S/C15H15F2N/c16-14-8-4-7-13(15(14)17)11-18-10-9-12-5-2-1-3-6-12/h1-8,18H,9-11H2. The lowest BCUT2D eigenvalue weighted by Crippen LogP contribution is -2.17. The minimum atomic E-state index is -0.794. The summed E-state index contributed by atoms with van der Waals surface area (Å²) in [6.45, 7) is 1.08. The number of nitrogens with one attached hydrogen (secondary N) is 1. The van der Waals surface area contributed by atoms with Crippen LogP contribution in [0.25, 0.3) is 0 Å². The molecule has 1 nitrogen and oxygen atoms in total. The van der Waals surface area contributed by atoms with E-state index in [2.05, 4.69) is 5.32 Å². The molecule has 18 heavy (non-hydrogen) atoms. The highest BCUT2D eigenvalue weighted by atomic mass is 19.2. The Balaban J connectivity index is 1.81. The minimum absolute atomic E-state index is 0.344. The van der Waals surface area contributed by atoms with Gasteiger partial charge in [-0.25, -0.2) is 8.78 Å². The van der Waals surface area contributed by atoms with Gasteiger partial charge in [0.25, 0.3) is 0 Å². The molecule has 0 spiro atoms. The molecule has 94 valence electrons. The Labute approximate surface area is 105 Å². The topological polar surface area (TPSA) is 12.0 Å². The van der Waals surface area contributed by atoms with E-state index in [1.807, 2.05) is 30.3 Å². The first-order valence-corrected chi connectivity index (χ1v) is 5.95. The molecule has 0 radical (unpaired) electrons. The van der Waals surface area contributed by atoms with Gasteiger partial charge in [0.15, 0.2) is 11.6 Å². The van der Waals surface area contributed by atoms with Crippen LogP contribution in [0.4, 0.5) is 8.78 Å². The molecule has 1 N–H and O–H groups in total. The summed E-state index contributed by atoms with van der Waals surface area (Å²) >= 11 is 0. The molecule has 0 saturated carbocycles. The Morgan fingerprint density at radius 3 is 2.44 bits per heavy atom. The van der Waals surface area contributed by atoms with Crippen molar-refractivity contribution in [1.82, 2.24) is 5.32 Å². The van der Waals surface area contributed by atoms with Crippen molar-refractivity contribution in [3.63, 3.8) is 0 Å². The van der Waals surface area contributed by atoms with Crippen LogP contribution in [0.2, 0.25) is 0 Å². The van der Waals surface area contributed by atoms with Gasteiger partial charge in [-0.05, 0) is 24.6 Å². The predicted molar refractivity (Wildman–Crippen MR) is 68.2 cm³/mol. The number of benzene rings is 2. The summed E-state index contributed by atoms with van der Waals surface area (Å²) in [6.07, 6.45) is 0.873. The van der Waals surface area contributed by atoms with Gasteiger partial charge in [0.2, 0.25) is 0 Å². The van der Waals surface area contributed by atoms with Crippen LogP contribution in [0, 0.1) is 11.6 Å². The first-order valence-electron chi connectivity index (χ1n) is 5.95. The zero-order valence-electron chi connectivity index (χ0n) is 10.00. The van der Waals surface area contributed by atoms with E-state index < -0.39 is 11.6 Å². The molecule has 0 aliphatic carbocycles. The molecule has 0 fully saturated rings. The van der Waals surface area contributed by atoms with E-state index in [9.17, 15) is 8.78 Å². The molecule has 0 atom stereocenters. The number of hydrogen-bond donors (Lipinski definition) is 1. The Kier molecular flexibility index (Phi) is 4.42. The molecule has 2 aromatic rings. The fourth-order valence-electron chi connectivity index (χ4n) is 1.79. The van der Waals surface area contributed by atoms with E-state index in [4.69, 9.17) is 0 Å². The van der Waals surface area contributed by atoms with Gasteiger partial charge in [0, 0.05) is 12.1 Å². The quantitative estimate of drug-likeness (QED) is 0.799. The van der Waals surface area contributed by atoms with E-state index in [0.29, 0.717) is 12.1 Å². The summed E-state index contributed by atoms with van der Waals surface area (Å²) in [5.74, 6) is -1.55. The Bertz CT molecular complexity index is 497. The predicted octanol–water partition coefficient (Wildman–Crippen LogP) is 3.30. The molecular weight excluding hydrogens is 232 g/mol. The van der Waals surface area contributed by atoms with Crippen LogP contribution >= 0.6 is 0 Å². The molecule has 0 aliphatic rings. The number of rotatable bonds is 5. The molecule has 0 unspecified atom stereocenters. The first-order chi connectivity index (χ1) is 8.77. The van der Waals surface area contributed by atoms with E-state index in [-0.39, 0.29) is 0 Å². The van der Waals surface area contributed by atoms with Gasteiger partial charge in [0.1, 0.15) is 0 Å². The third kappa shape index (κ3) is 3.37. The van der Waals surface area contributed by atoms with Gasteiger partial charge in [0.05, 0.1) is 0 Å². The van der Waals surface area contributed by atoms with Crippen molar-refractivity contribution in [1.29, 1.82) is 0 Å². The maximum atomic E-state index is 13.3. The van der Waals surface area contributed by atoms with Crippen LogP contribution in [-0.4, -0.2) is 6.54 Å². The Hall–Kier alpha value is -1.74. The molecule has 0 heterocycles. The van der Waals surface area contributed by atoms with Crippen LogP contribution in [0.5, 0.6) is 0 Å². The van der Waals surface area contributed by atoms with E-state index >= 15 is 0 Å². The Morgan fingerprint density at radius 2 is 1.67 bits per heavy atom. The molecule has 0 bridgehead atoms. The second kappa shape index (κ2) is 6.26. The van der Waals surface area contributed by atoms with Crippen molar-refractivity contribution in [3.8, 4) is 0 Å². The fraction of sp³-hybridized carbons (Fsp3) is 0.200. The van der Waals surface area contributed by atoms with Gasteiger partial charge in [-0.3, -0.25) is 0 Å². The lowest BCUT2D eigenvalue weighted by Gasteiger charge is -2.06. The van der Waals surface area contributed by atoms with Crippen molar-refractivity contribution in [3.05, 3.63) is 71.3 Å². The second-order valence-electron chi connectivity index (χ2n) is 4.13. The van der Waals surface area contributed by atoms with Crippen molar-refractivity contribution in [2.75, 3.05) is 6.54 Å². The van der Waals surface area contributed by atoms with Crippen LogP contribution in [0.15, 0.2) is 48.5 Å². The molecule has 3 heteroatoms. The zero-order chi connectivity index (χ0) is 12.8. The summed E-state index contributed by atoms with van der Waals surface area (Å²) in [7, 11) is 0. The first kappa shape index (κ1) is 12.7. The average molecular weight is 247 g/mol. The van der Waals surface area contributed by atoms with Gasteiger partial charge in [-0.15, -0.1) is 0 Å². The lowest BCUT2D eigenvalue weighted by atomic mass is 10.1. The summed E-state index contributed by atoms with van der Waals surface area (Å²) in [4.78, 5) is 0. The summed E-state index contributed by atoms with van der Waals surface area (Å²) in [5, 5.41) is 3.11. The number of halogens is 2. The van der Waals surface area contributed by atoms with Crippen molar-refractivity contribution >= 4 is 0 Å². The average Bonchev–Trinajstić information content (AvgIpc) is 2.40. The molecule has 2 aromatic carbocycles. The molecule has 0 aromatic heterocycles. The molecule has 0 aliphatic heterocycles. The monoisotopic (exact) mass is 247 g/mol.